The quantitative estimate of drug-likeness (QED) is 0.0810. The SMILES string of the molecule is O=P([O-])([O-])OP(=O)([O-])OP(=O)([O-])OP(=O)([O-])OP(=O)([O-])[O-].O=P([O-])([O-])OP(=O)([O-])OP(=O)([O-])OP(=O)([O-])OP(=O)([O-])[O-].O=P([O-])([O-])OP(=O)([O-])OP(=O)([O-])OP(=O)([O-])OP(=O)([O-])[O-].[Gd+3].[Gd+3].[Gd+3].[Gd+3].[Gd+3].[Gd+3].[Gd+3]. The molecule has 419 valence electrons. The molecule has 48 nitrogen and oxygen atoms in total. The zero-order chi connectivity index (χ0) is 52.0. The van der Waals surface area contributed by atoms with E-state index in [0.29, 0.717) is 0 Å². The van der Waals surface area contributed by atoms with Gasteiger partial charge in [-0.25, -0.2) is 25.9 Å². The van der Waals surface area contributed by atoms with Crippen molar-refractivity contribution in [2.75, 3.05) is 0 Å². The topological polar surface area (TPSA) is 851 Å². The van der Waals surface area contributed by atoms with Crippen molar-refractivity contribution in [2.45, 2.75) is 0 Å². The monoisotopic (exact) mass is 2340 g/mol. The van der Waals surface area contributed by atoms with Gasteiger partial charge in [0.05, 0.1) is 46.9 Å². The standard InChI is InChI=1S/7Gd.3H7O16P5/c;;;;;;;3*1-17(2,3)13-19(7,8)15-21(11,12)16-20(9,10)14-18(4,5)6/h;;;;;;;3*(H,7,8)(H,9,10)(H,11,12)(H2,1,2,3)(H2,4,5,6)/q7*+3;;;/p-21. The summed E-state index contributed by atoms with van der Waals surface area (Å²) < 4.78 is 188. The minimum absolute atomic E-state index is 0. The summed E-state index contributed by atoms with van der Waals surface area (Å²) in [6.45, 7) is 0. The maximum absolute atomic E-state index is 10.7. The minimum Gasteiger partial charge on any atom is -0.790 e. The summed E-state index contributed by atoms with van der Waals surface area (Å²) in [5, 5.41) is 0. The molecule has 0 aliphatic carbocycles. The summed E-state index contributed by atoms with van der Waals surface area (Å²) in [5.41, 5.74) is 0. The Morgan fingerprint density at radius 3 is 0.257 bits per heavy atom. The maximum atomic E-state index is 10.7. The molecule has 70 heavy (non-hydrogen) atoms. The predicted molar refractivity (Wildman–Crippen MR) is 127 cm³/mol. The van der Waals surface area contributed by atoms with Crippen LogP contribution in [0.2, 0.25) is 0 Å². The van der Waals surface area contributed by atoms with Crippen LogP contribution in [-0.2, 0) is 120 Å². The summed E-state index contributed by atoms with van der Waals surface area (Å²) >= 11 is 0. The van der Waals surface area contributed by atoms with E-state index in [0.717, 1.165) is 0 Å². The van der Waals surface area contributed by atoms with Crippen molar-refractivity contribution in [3.8, 4) is 0 Å². The van der Waals surface area contributed by atoms with Crippen LogP contribution in [0.1, 0.15) is 0 Å². The molecular formula is Gd7O48P15. The Hall–Kier alpha value is 11.4. The molecule has 6 unspecified atom stereocenters. The van der Waals surface area contributed by atoms with Crippen LogP contribution in [0.3, 0.4) is 0 Å². The minimum atomic E-state index is -6.56. The van der Waals surface area contributed by atoms with Gasteiger partial charge in [0, 0.05) is 0 Å². The Kier molecular flexibility index (Phi) is 58.1. The Labute approximate surface area is 607 Å². The van der Waals surface area contributed by atoms with Crippen LogP contribution in [0.15, 0.2) is 0 Å². The Morgan fingerprint density at radius 2 is 0.200 bits per heavy atom. The first-order chi connectivity index (χ1) is 26.5. The van der Waals surface area contributed by atoms with Gasteiger partial charge in [-0.15, -0.1) is 0 Å². The average Bonchev–Trinajstić information content (AvgIpc) is 2.68. The van der Waals surface area contributed by atoms with E-state index >= 15 is 0 Å². The molecule has 0 rings (SSSR count). The molecular weight excluding hydrogens is 2330 g/mol. The van der Waals surface area contributed by atoms with Crippen molar-refractivity contribution >= 4 is 117 Å². The van der Waals surface area contributed by atoms with Crippen molar-refractivity contribution in [1.29, 1.82) is 0 Å². The summed E-state index contributed by atoms with van der Waals surface area (Å²) in [4.78, 5) is 215. The fraction of sp³-hybridized carbons (Fsp3) is 0. The number of hydrogen-bond donors (Lipinski definition) is 0. The summed E-state index contributed by atoms with van der Waals surface area (Å²) in [6.07, 6.45) is 0. The van der Waals surface area contributed by atoms with Crippen LogP contribution < -0.4 is 103 Å². The van der Waals surface area contributed by atoms with E-state index in [1.54, 1.807) is 0 Å². The first-order valence-electron chi connectivity index (χ1n) is 11.0. The third-order valence-electron chi connectivity index (χ3n) is 2.40. The van der Waals surface area contributed by atoms with E-state index in [4.69, 9.17) is 0 Å². The van der Waals surface area contributed by atoms with Crippen molar-refractivity contribution in [3.63, 3.8) is 0 Å². The predicted octanol–water partition coefficient (Wildman–Crippen LogP) is -14.7. The normalized spacial score (nSPS) is 19.8. The Bertz CT molecular complexity index is 1930. The van der Waals surface area contributed by atoms with E-state index in [1.807, 2.05) is 0 Å². The van der Waals surface area contributed by atoms with Crippen LogP contribution in [0, 0.1) is 280 Å². The molecule has 0 saturated carbocycles. The summed E-state index contributed by atoms with van der Waals surface area (Å²) in [7, 11) is -96.2. The van der Waals surface area contributed by atoms with Crippen LogP contribution in [0.4, 0.5) is 0 Å². The molecule has 0 aromatic carbocycles. The van der Waals surface area contributed by atoms with Gasteiger partial charge in [-0.1, -0.05) is 0 Å². The maximum Gasteiger partial charge on any atom is 3.00 e. The first-order valence-corrected chi connectivity index (χ1v) is 32.9. The zero-order valence-electron chi connectivity index (χ0n) is 28.8. The molecule has 0 spiro atoms. The van der Waals surface area contributed by atoms with Crippen LogP contribution in [0.5, 0.6) is 0 Å². The van der Waals surface area contributed by atoms with Gasteiger partial charge in [-0.3, -0.25) is 66.9 Å². The van der Waals surface area contributed by atoms with Crippen molar-refractivity contribution in [1.82, 2.24) is 0 Å². The van der Waals surface area contributed by atoms with Crippen molar-refractivity contribution < 1.29 is 503 Å². The zero-order valence-corrected chi connectivity index (χ0v) is 58.1. The average molecular weight is 2330 g/mol. The third-order valence-corrected chi connectivity index (χ3v) is 21.6. The van der Waals surface area contributed by atoms with E-state index in [2.05, 4.69) is 51.7 Å². The molecule has 0 aromatic rings. The van der Waals surface area contributed by atoms with Crippen LogP contribution >= 0.6 is 117 Å². The molecule has 0 aliphatic rings. The van der Waals surface area contributed by atoms with E-state index in [9.17, 15) is 171 Å². The molecule has 0 aromatic heterocycles. The molecule has 0 saturated heterocycles. The Morgan fingerprint density at radius 1 is 0.143 bits per heavy atom. The number of hydrogen-bond acceptors (Lipinski definition) is 48. The fourth-order valence-electron chi connectivity index (χ4n) is 1.60. The van der Waals surface area contributed by atoms with E-state index in [-0.39, 0.29) is 280 Å². The smallest absolute Gasteiger partial charge is 0.790 e. The summed E-state index contributed by atoms with van der Waals surface area (Å²) in [5.74, 6) is 0. The van der Waals surface area contributed by atoms with Gasteiger partial charge in [-0.2, -0.15) is 0 Å². The molecule has 0 bridgehead atoms. The van der Waals surface area contributed by atoms with Gasteiger partial charge < -0.3 is 130 Å². The van der Waals surface area contributed by atoms with Gasteiger partial charge >= 0.3 is 280 Å². The van der Waals surface area contributed by atoms with E-state index in [1.165, 1.54) is 0 Å². The van der Waals surface area contributed by atoms with Gasteiger partial charge in [-0.05, 0) is 0 Å². The molecule has 70 heteroatoms. The van der Waals surface area contributed by atoms with Crippen LogP contribution in [0.25, 0.3) is 0 Å². The first kappa shape index (κ1) is 103. The van der Waals surface area contributed by atoms with Crippen molar-refractivity contribution in [3.05, 3.63) is 0 Å². The fourth-order valence-corrected chi connectivity index (χ4v) is 16.8. The number of rotatable bonds is 24. The molecule has 6 atom stereocenters. The summed E-state index contributed by atoms with van der Waals surface area (Å²) in [6, 6.07) is 0. The van der Waals surface area contributed by atoms with Gasteiger partial charge in [0.25, 0.3) is 70.4 Å². The number of phosphoric acid groups is 15. The Balaban J connectivity index is -0.0000000918. The van der Waals surface area contributed by atoms with Crippen molar-refractivity contribution in [2.24, 2.45) is 0 Å². The molecule has 0 N–H and O–H groups in total. The molecule has 7 radical (unpaired) electrons. The molecule has 0 amide bonds. The second-order valence-corrected chi connectivity index (χ2v) is 28.9. The van der Waals surface area contributed by atoms with Gasteiger partial charge in [0.2, 0.25) is 0 Å². The largest absolute Gasteiger partial charge is 3.00 e. The molecule has 0 heterocycles. The second kappa shape index (κ2) is 39.4. The molecule has 0 aliphatic heterocycles. The molecule has 0 fully saturated rings. The second-order valence-electron chi connectivity index (χ2n) is 7.69. The van der Waals surface area contributed by atoms with Crippen LogP contribution in [-0.4, -0.2) is 0 Å². The van der Waals surface area contributed by atoms with E-state index < -0.39 is 117 Å². The van der Waals surface area contributed by atoms with Gasteiger partial charge in [0.1, 0.15) is 0 Å². The van der Waals surface area contributed by atoms with Gasteiger partial charge in [0.15, 0.2) is 0 Å². The third kappa shape index (κ3) is 70.2.